The summed E-state index contributed by atoms with van der Waals surface area (Å²) in [5.41, 5.74) is 2.52. The Morgan fingerprint density at radius 3 is 2.25 bits per heavy atom. The normalized spacial score (nSPS) is 11.6. The summed E-state index contributed by atoms with van der Waals surface area (Å²) in [5.74, 6) is -1.69. The van der Waals surface area contributed by atoms with Crippen LogP contribution in [-0.4, -0.2) is 30.5 Å². The van der Waals surface area contributed by atoms with Gasteiger partial charge in [-0.25, -0.2) is 16.8 Å². The van der Waals surface area contributed by atoms with E-state index in [-0.39, 0.29) is 27.1 Å². The van der Waals surface area contributed by atoms with E-state index in [1.165, 1.54) is 31.2 Å². The maximum Gasteiger partial charge on any atom is 0.307 e. The minimum absolute atomic E-state index is 0.0499. The lowest BCUT2D eigenvalue weighted by Gasteiger charge is -2.20. The minimum Gasteiger partial charge on any atom is -0.481 e. The predicted octanol–water partition coefficient (Wildman–Crippen LogP) is 4.72. The zero-order chi connectivity index (χ0) is 23.0. The number of fused-ring (bicyclic) bond motifs is 1. The van der Waals surface area contributed by atoms with Crippen molar-refractivity contribution in [3.05, 3.63) is 89.9 Å². The molecule has 0 amide bonds. The molecule has 0 aliphatic rings. The van der Waals surface area contributed by atoms with E-state index in [4.69, 9.17) is 0 Å². The van der Waals surface area contributed by atoms with Crippen LogP contribution in [0.4, 0.5) is 15.8 Å². The third kappa shape index (κ3) is 3.73. The topological polar surface area (TPSA) is 79.6 Å². The molecule has 8 heteroatoms. The third-order valence-corrected chi connectivity index (χ3v) is 7.30. The van der Waals surface area contributed by atoms with Gasteiger partial charge in [-0.05, 0) is 67.1 Å². The van der Waals surface area contributed by atoms with Gasteiger partial charge < -0.3 is 10.0 Å². The van der Waals surface area contributed by atoms with Crippen molar-refractivity contribution in [2.75, 3.05) is 11.9 Å². The second kappa shape index (κ2) is 8.12. The Morgan fingerprint density at radius 2 is 1.62 bits per heavy atom. The lowest BCUT2D eigenvalue weighted by Crippen LogP contribution is -2.15. The number of anilines is 2. The van der Waals surface area contributed by atoms with Gasteiger partial charge in [0.15, 0.2) is 0 Å². The Morgan fingerprint density at radius 1 is 1.00 bits per heavy atom. The number of aliphatic carboxylic acids is 1. The Bertz CT molecular complexity index is 1410. The van der Waals surface area contributed by atoms with E-state index in [1.807, 2.05) is 42.3 Å². The molecule has 1 N–H and O–H groups in total. The van der Waals surface area contributed by atoms with Crippen molar-refractivity contribution in [1.82, 2.24) is 3.97 Å². The van der Waals surface area contributed by atoms with Crippen molar-refractivity contribution in [2.24, 2.45) is 0 Å². The molecule has 3 aromatic carbocycles. The van der Waals surface area contributed by atoms with Crippen molar-refractivity contribution in [1.29, 1.82) is 0 Å². The SMILES string of the molecule is Cc1c(CC(=O)O)c2cc(F)ccc2n1S(=O)(=O)c1ccc(N(C)c2ccccc2)cc1. The van der Waals surface area contributed by atoms with Crippen molar-refractivity contribution < 1.29 is 22.7 Å². The minimum atomic E-state index is -4.05. The maximum atomic E-state index is 13.9. The number of nitrogens with zero attached hydrogens (tertiary/aromatic N) is 2. The molecule has 0 bridgehead atoms. The van der Waals surface area contributed by atoms with Crippen LogP contribution < -0.4 is 4.90 Å². The van der Waals surface area contributed by atoms with Gasteiger partial charge in [-0.3, -0.25) is 4.79 Å². The summed E-state index contributed by atoms with van der Waals surface area (Å²) in [7, 11) is -2.16. The van der Waals surface area contributed by atoms with Gasteiger partial charge in [0.2, 0.25) is 0 Å². The van der Waals surface area contributed by atoms with Crippen LogP contribution in [0.25, 0.3) is 10.9 Å². The molecule has 0 atom stereocenters. The first-order chi connectivity index (χ1) is 15.2. The zero-order valence-electron chi connectivity index (χ0n) is 17.5. The first-order valence-corrected chi connectivity index (χ1v) is 11.3. The van der Waals surface area contributed by atoms with Crippen LogP contribution >= 0.6 is 0 Å². The van der Waals surface area contributed by atoms with Gasteiger partial charge in [-0.2, -0.15) is 0 Å². The highest BCUT2D eigenvalue weighted by Gasteiger charge is 2.26. The number of para-hydroxylation sites is 1. The standard InChI is InChI=1S/C24H21FN2O4S/c1-16-21(15-24(28)29)22-14-17(25)8-13-23(22)27(16)32(30,31)20-11-9-19(10-12-20)26(2)18-6-4-3-5-7-18/h3-14H,15H2,1-2H3,(H,28,29). The number of carboxylic acid groups (broad SMARTS) is 1. The Balaban J connectivity index is 1.80. The van der Waals surface area contributed by atoms with E-state index >= 15 is 0 Å². The average molecular weight is 453 g/mol. The third-order valence-electron chi connectivity index (χ3n) is 5.48. The highest BCUT2D eigenvalue weighted by molar-refractivity contribution is 7.90. The fourth-order valence-corrected chi connectivity index (χ4v) is 5.44. The van der Waals surface area contributed by atoms with Gasteiger partial charge in [0.05, 0.1) is 16.8 Å². The van der Waals surface area contributed by atoms with Crippen LogP contribution in [0.5, 0.6) is 0 Å². The Labute approximate surface area is 185 Å². The molecule has 4 rings (SSSR count). The Kier molecular flexibility index (Phi) is 5.48. The molecule has 0 unspecified atom stereocenters. The molecule has 6 nitrogen and oxygen atoms in total. The molecule has 1 aromatic heterocycles. The number of hydrogen-bond donors (Lipinski definition) is 1. The summed E-state index contributed by atoms with van der Waals surface area (Å²) in [5, 5.41) is 9.54. The van der Waals surface area contributed by atoms with Gasteiger partial charge in [-0.1, -0.05) is 18.2 Å². The van der Waals surface area contributed by atoms with Crippen LogP contribution in [0, 0.1) is 12.7 Å². The van der Waals surface area contributed by atoms with Gasteiger partial charge in [0.25, 0.3) is 10.0 Å². The summed E-state index contributed by atoms with van der Waals surface area (Å²) >= 11 is 0. The number of carbonyl (C=O) groups is 1. The van der Waals surface area contributed by atoms with Crippen LogP contribution in [0.1, 0.15) is 11.3 Å². The second-order valence-electron chi connectivity index (χ2n) is 7.45. The van der Waals surface area contributed by atoms with Crippen molar-refractivity contribution in [3.8, 4) is 0 Å². The maximum absolute atomic E-state index is 13.9. The summed E-state index contributed by atoms with van der Waals surface area (Å²) < 4.78 is 42.0. The molecular formula is C24H21FN2O4S. The fraction of sp³-hybridized carbons (Fsp3) is 0.125. The van der Waals surface area contributed by atoms with Gasteiger partial charge >= 0.3 is 5.97 Å². The molecule has 164 valence electrons. The first kappa shape index (κ1) is 21.6. The number of halogens is 1. The van der Waals surface area contributed by atoms with E-state index in [0.717, 1.165) is 21.4 Å². The molecule has 0 aliphatic carbocycles. The summed E-state index contributed by atoms with van der Waals surface area (Å²) in [6, 6.07) is 19.8. The number of rotatable bonds is 6. The molecule has 0 aliphatic heterocycles. The monoisotopic (exact) mass is 452 g/mol. The molecule has 0 spiro atoms. The number of hydrogen-bond acceptors (Lipinski definition) is 4. The summed E-state index contributed by atoms with van der Waals surface area (Å²) in [6.45, 7) is 1.53. The highest BCUT2D eigenvalue weighted by atomic mass is 32.2. The van der Waals surface area contributed by atoms with Crippen molar-refractivity contribution in [2.45, 2.75) is 18.2 Å². The molecule has 32 heavy (non-hydrogen) atoms. The lowest BCUT2D eigenvalue weighted by atomic mass is 10.1. The summed E-state index contributed by atoms with van der Waals surface area (Å²) in [4.78, 5) is 13.3. The molecule has 4 aromatic rings. The van der Waals surface area contributed by atoms with E-state index in [9.17, 15) is 22.7 Å². The van der Waals surface area contributed by atoms with Gasteiger partial charge in [0.1, 0.15) is 5.82 Å². The van der Waals surface area contributed by atoms with E-state index in [0.29, 0.717) is 0 Å². The largest absolute Gasteiger partial charge is 0.481 e. The molecule has 0 saturated carbocycles. The number of carboxylic acids is 1. The zero-order valence-corrected chi connectivity index (χ0v) is 18.3. The molecule has 0 saturated heterocycles. The van der Waals surface area contributed by atoms with E-state index in [1.54, 1.807) is 12.1 Å². The van der Waals surface area contributed by atoms with Crippen LogP contribution in [0.2, 0.25) is 0 Å². The first-order valence-electron chi connectivity index (χ1n) is 9.86. The quantitative estimate of drug-likeness (QED) is 0.458. The van der Waals surface area contributed by atoms with Crippen molar-refractivity contribution >= 4 is 38.3 Å². The fourth-order valence-electron chi connectivity index (χ4n) is 3.86. The second-order valence-corrected chi connectivity index (χ2v) is 9.24. The Hall–Kier alpha value is -3.65. The van der Waals surface area contributed by atoms with Gasteiger partial charge in [-0.15, -0.1) is 0 Å². The average Bonchev–Trinajstić information content (AvgIpc) is 3.05. The van der Waals surface area contributed by atoms with E-state index < -0.39 is 28.2 Å². The van der Waals surface area contributed by atoms with Crippen LogP contribution in [0.15, 0.2) is 77.7 Å². The molecular weight excluding hydrogens is 431 g/mol. The lowest BCUT2D eigenvalue weighted by molar-refractivity contribution is -0.136. The number of benzene rings is 3. The van der Waals surface area contributed by atoms with Crippen LogP contribution in [0.3, 0.4) is 0 Å². The summed E-state index contributed by atoms with van der Waals surface area (Å²) in [6.07, 6.45) is -0.408. The number of aromatic nitrogens is 1. The van der Waals surface area contributed by atoms with Gasteiger partial charge in [0, 0.05) is 29.5 Å². The highest BCUT2D eigenvalue weighted by Crippen LogP contribution is 2.32. The van der Waals surface area contributed by atoms with Crippen molar-refractivity contribution in [3.63, 3.8) is 0 Å². The molecule has 0 radical (unpaired) electrons. The smallest absolute Gasteiger partial charge is 0.307 e. The molecule has 1 heterocycles. The predicted molar refractivity (Wildman–Crippen MR) is 122 cm³/mol. The van der Waals surface area contributed by atoms with E-state index in [2.05, 4.69) is 0 Å². The van der Waals surface area contributed by atoms with Crippen LogP contribution in [-0.2, 0) is 21.2 Å². The molecule has 0 fully saturated rings.